The molecule has 0 rings (SSSR count). The summed E-state index contributed by atoms with van der Waals surface area (Å²) in [6.45, 7) is 6.94. The van der Waals surface area contributed by atoms with Gasteiger partial charge in [0.15, 0.2) is 0 Å². The first-order chi connectivity index (χ1) is 17.5. The zero-order chi connectivity index (χ0) is 26.7. The molecule has 0 amide bonds. The molecule has 0 heterocycles. The molecule has 2 unspecified atom stereocenters. The lowest BCUT2D eigenvalue weighted by atomic mass is 10.0. The minimum absolute atomic E-state index is 0.0290. The molecular formula is C29H61NO5P+. The number of unbranched alkanes of at least 4 members (excludes halogenated alkanes) is 15. The van der Waals surface area contributed by atoms with Crippen LogP contribution in [-0.2, 0) is 18.6 Å². The summed E-state index contributed by atoms with van der Waals surface area (Å²) in [5.41, 5.74) is 0. The number of hydrogen-bond acceptors (Lipinski definition) is 5. The maximum absolute atomic E-state index is 11.9. The molecule has 0 spiro atoms. The Kier molecular flexibility index (Phi) is 27.8. The molecule has 0 aromatic rings. The van der Waals surface area contributed by atoms with Crippen LogP contribution in [0.3, 0.4) is 0 Å². The molecule has 7 heteroatoms. The van der Waals surface area contributed by atoms with E-state index in [1.165, 1.54) is 101 Å². The Bertz CT molecular complexity index is 467. The van der Waals surface area contributed by atoms with Crippen molar-refractivity contribution in [2.45, 2.75) is 129 Å². The molecule has 0 aromatic heterocycles. The lowest BCUT2D eigenvalue weighted by Gasteiger charge is -2.18. The van der Waals surface area contributed by atoms with Crippen molar-refractivity contribution in [1.82, 2.24) is 0 Å². The first-order valence-corrected chi connectivity index (χ1v) is 16.3. The van der Waals surface area contributed by atoms with Crippen LogP contribution in [0.1, 0.15) is 129 Å². The normalized spacial score (nSPS) is 13.4. The number of hydrogen-bond donors (Lipinski definition) is 2. The van der Waals surface area contributed by atoms with Gasteiger partial charge in [0.1, 0.15) is 18.9 Å². The predicted octanol–water partition coefficient (Wildman–Crippen LogP) is 6.65. The maximum Gasteiger partial charge on any atom is 0.330 e. The fourth-order valence-corrected chi connectivity index (χ4v) is 4.83. The van der Waals surface area contributed by atoms with Gasteiger partial charge in [-0.1, -0.05) is 110 Å². The summed E-state index contributed by atoms with van der Waals surface area (Å²) in [6, 6.07) is 0. The van der Waals surface area contributed by atoms with Gasteiger partial charge in [-0.3, -0.25) is 4.79 Å². The van der Waals surface area contributed by atoms with Gasteiger partial charge in [0.2, 0.25) is 0 Å². The van der Waals surface area contributed by atoms with Gasteiger partial charge in [-0.2, -0.15) is 0 Å². The lowest BCUT2D eigenvalue weighted by Crippen LogP contribution is -3.06. The van der Waals surface area contributed by atoms with Crippen molar-refractivity contribution < 1.29 is 28.4 Å². The van der Waals surface area contributed by atoms with Crippen LogP contribution < -0.4 is 4.90 Å². The maximum atomic E-state index is 11.9. The first kappa shape index (κ1) is 35.9. The molecule has 0 saturated carbocycles. The molecule has 2 atom stereocenters. The fraction of sp³-hybridized carbons (Fsp3) is 0.966. The molecule has 0 bridgehead atoms. The quantitative estimate of drug-likeness (QED) is 0.0831. The number of ether oxygens (including phenoxy) is 1. The van der Waals surface area contributed by atoms with Crippen molar-refractivity contribution >= 4 is 14.4 Å². The highest BCUT2D eigenvalue weighted by Crippen LogP contribution is 2.33. The predicted molar refractivity (Wildman–Crippen MR) is 152 cm³/mol. The number of rotatable bonds is 29. The summed E-state index contributed by atoms with van der Waals surface area (Å²) in [7, 11) is 2.18. The average molecular weight is 535 g/mol. The molecule has 0 aromatic carbocycles. The van der Waals surface area contributed by atoms with Gasteiger partial charge < -0.3 is 23.6 Å². The third-order valence-corrected chi connectivity index (χ3v) is 7.40. The van der Waals surface area contributed by atoms with E-state index in [2.05, 4.69) is 6.92 Å². The summed E-state index contributed by atoms with van der Waals surface area (Å²) < 4.78 is 16.7. The lowest BCUT2D eigenvalue weighted by molar-refractivity contribution is -0.858. The topological polar surface area (TPSA) is 69.4 Å². The van der Waals surface area contributed by atoms with E-state index in [1.807, 2.05) is 21.0 Å². The van der Waals surface area contributed by atoms with Crippen LogP contribution in [0.2, 0.25) is 0 Å². The van der Waals surface area contributed by atoms with Crippen LogP contribution in [0.5, 0.6) is 0 Å². The van der Waals surface area contributed by atoms with Gasteiger partial charge in [-0.25, -0.2) is 0 Å². The largest absolute Gasteiger partial charge is 0.381 e. The van der Waals surface area contributed by atoms with E-state index in [9.17, 15) is 9.69 Å². The van der Waals surface area contributed by atoms with Crippen LogP contribution in [0.15, 0.2) is 0 Å². The van der Waals surface area contributed by atoms with E-state index < -0.39 is 8.60 Å². The van der Waals surface area contributed by atoms with E-state index in [1.54, 1.807) is 0 Å². The van der Waals surface area contributed by atoms with E-state index in [0.29, 0.717) is 32.7 Å². The SMILES string of the molecule is CCCCCCCCCCCCCCCCCCOCC(COP(O)OCC[NH+](C)C)CC(=O)CC. The molecule has 6 nitrogen and oxygen atoms in total. The van der Waals surface area contributed by atoms with Crippen molar-refractivity contribution in [3.05, 3.63) is 0 Å². The molecule has 2 N–H and O–H groups in total. The van der Waals surface area contributed by atoms with E-state index >= 15 is 0 Å². The molecule has 0 saturated heterocycles. The van der Waals surface area contributed by atoms with Crippen molar-refractivity contribution in [2.75, 3.05) is 47.1 Å². The second-order valence-electron chi connectivity index (χ2n) is 10.7. The zero-order valence-electron chi connectivity index (χ0n) is 24.4. The van der Waals surface area contributed by atoms with Crippen molar-refractivity contribution in [3.63, 3.8) is 0 Å². The highest BCUT2D eigenvalue weighted by Gasteiger charge is 2.17. The van der Waals surface area contributed by atoms with Crippen molar-refractivity contribution in [1.29, 1.82) is 0 Å². The highest BCUT2D eigenvalue weighted by molar-refractivity contribution is 7.40. The zero-order valence-corrected chi connectivity index (χ0v) is 25.3. The molecule has 216 valence electrons. The van der Waals surface area contributed by atoms with Gasteiger partial charge >= 0.3 is 8.60 Å². The Morgan fingerprint density at radius 2 is 1.22 bits per heavy atom. The summed E-state index contributed by atoms with van der Waals surface area (Å²) in [4.78, 5) is 23.1. The Morgan fingerprint density at radius 1 is 0.722 bits per heavy atom. The third kappa shape index (κ3) is 26.9. The monoisotopic (exact) mass is 534 g/mol. The molecule has 0 aliphatic carbocycles. The van der Waals surface area contributed by atoms with Gasteiger partial charge in [-0.15, -0.1) is 0 Å². The second kappa shape index (κ2) is 27.9. The molecule has 0 radical (unpaired) electrons. The smallest absolute Gasteiger partial charge is 0.330 e. The molecule has 36 heavy (non-hydrogen) atoms. The van der Waals surface area contributed by atoms with E-state index in [-0.39, 0.29) is 11.7 Å². The molecule has 0 aliphatic rings. The standard InChI is InChI=1S/C29H60NO5P/c1-5-7-8-9-10-11-12-13-14-15-16-17-18-19-20-21-23-33-26-28(25-29(31)6-2)27-35-36(32)34-24-22-30(3)4/h28,32H,5-27H2,1-4H3/p+1. The van der Waals surface area contributed by atoms with E-state index in [4.69, 9.17) is 13.8 Å². The number of carbonyl (C=O) groups is 1. The second-order valence-corrected chi connectivity index (χ2v) is 11.7. The summed E-state index contributed by atoms with van der Waals surface area (Å²) in [6.07, 6.45) is 22.7. The van der Waals surface area contributed by atoms with Gasteiger partial charge in [0, 0.05) is 25.4 Å². The van der Waals surface area contributed by atoms with Gasteiger partial charge in [0.05, 0.1) is 27.3 Å². The minimum Gasteiger partial charge on any atom is -0.381 e. The van der Waals surface area contributed by atoms with Crippen LogP contribution in [-0.4, -0.2) is 57.7 Å². The first-order valence-electron chi connectivity index (χ1n) is 15.1. The Hall–Kier alpha value is -0.100. The van der Waals surface area contributed by atoms with Crippen LogP contribution in [0.4, 0.5) is 0 Å². The summed E-state index contributed by atoms with van der Waals surface area (Å²) in [5.74, 6) is 0.174. The summed E-state index contributed by atoms with van der Waals surface area (Å²) in [5, 5.41) is 0. The van der Waals surface area contributed by atoms with Crippen molar-refractivity contribution in [3.8, 4) is 0 Å². The number of carbonyl (C=O) groups excluding carboxylic acids is 1. The Balaban J connectivity index is 3.63. The minimum atomic E-state index is -1.89. The number of nitrogens with one attached hydrogen (secondary N) is 1. The van der Waals surface area contributed by atoms with Crippen LogP contribution in [0.25, 0.3) is 0 Å². The number of ketones is 1. The summed E-state index contributed by atoms with van der Waals surface area (Å²) >= 11 is 0. The van der Waals surface area contributed by atoms with Crippen molar-refractivity contribution in [2.24, 2.45) is 5.92 Å². The third-order valence-electron chi connectivity index (χ3n) is 6.63. The number of Topliss-reactive ketones (excluding diaryl/α,β-unsaturated/α-hetero) is 1. The Labute approximate surface area is 225 Å². The fourth-order valence-electron chi connectivity index (χ4n) is 4.17. The number of likely N-dealkylation sites (N-methyl/N-ethyl adjacent to an activating group) is 1. The highest BCUT2D eigenvalue weighted by atomic mass is 31.2. The Morgan fingerprint density at radius 3 is 1.69 bits per heavy atom. The van der Waals surface area contributed by atoms with Crippen LogP contribution in [0, 0.1) is 5.92 Å². The molecular weight excluding hydrogens is 473 g/mol. The van der Waals surface area contributed by atoms with E-state index in [0.717, 1.165) is 19.6 Å². The average Bonchev–Trinajstić information content (AvgIpc) is 2.86. The number of quaternary nitrogens is 1. The van der Waals surface area contributed by atoms with Gasteiger partial charge in [-0.05, 0) is 6.42 Å². The molecule has 0 aliphatic heterocycles. The molecule has 0 fully saturated rings. The van der Waals surface area contributed by atoms with Crippen LogP contribution >= 0.6 is 8.60 Å². The van der Waals surface area contributed by atoms with Gasteiger partial charge in [0.25, 0.3) is 0 Å².